The van der Waals surface area contributed by atoms with Gasteiger partial charge in [-0.1, -0.05) is 19.3 Å². The molecule has 138 valence electrons. The lowest BCUT2D eigenvalue weighted by molar-refractivity contribution is -0.137. The van der Waals surface area contributed by atoms with Gasteiger partial charge in [-0.05, 0) is 49.9 Å². The van der Waals surface area contributed by atoms with Gasteiger partial charge in [0.05, 0.1) is 17.3 Å². The van der Waals surface area contributed by atoms with E-state index in [2.05, 4.69) is 0 Å². The molecule has 1 heterocycles. The van der Waals surface area contributed by atoms with E-state index in [9.17, 15) is 13.2 Å². The van der Waals surface area contributed by atoms with Gasteiger partial charge in [-0.15, -0.1) is 0 Å². The zero-order chi connectivity index (χ0) is 17.9. The molecule has 1 saturated heterocycles. The molecule has 0 radical (unpaired) electrons. The van der Waals surface area contributed by atoms with Gasteiger partial charge in [0.2, 0.25) is 5.91 Å². The first-order valence-electron chi connectivity index (χ1n) is 9.19. The van der Waals surface area contributed by atoms with E-state index in [1.54, 1.807) is 31.4 Å². The van der Waals surface area contributed by atoms with Gasteiger partial charge in [-0.3, -0.25) is 4.79 Å². The Morgan fingerprint density at radius 2 is 1.60 bits per heavy atom. The fourth-order valence-corrected chi connectivity index (χ4v) is 5.68. The van der Waals surface area contributed by atoms with Crippen LogP contribution in [-0.4, -0.2) is 44.7 Å². The average Bonchev–Trinajstić information content (AvgIpc) is 2.68. The second kappa shape index (κ2) is 7.77. The minimum absolute atomic E-state index is 0.156. The van der Waals surface area contributed by atoms with Gasteiger partial charge in [0.25, 0.3) is 0 Å². The normalized spacial score (nSPS) is 20.4. The number of amides is 1. The van der Waals surface area contributed by atoms with Crippen molar-refractivity contribution in [3.8, 4) is 5.75 Å². The molecule has 3 rings (SSSR count). The highest BCUT2D eigenvalue weighted by Gasteiger charge is 2.34. The Bertz CT molecular complexity index is 685. The van der Waals surface area contributed by atoms with Gasteiger partial charge in [-0.2, -0.15) is 0 Å². The van der Waals surface area contributed by atoms with Crippen LogP contribution < -0.4 is 4.74 Å². The van der Waals surface area contributed by atoms with Crippen molar-refractivity contribution in [1.29, 1.82) is 0 Å². The number of methoxy groups -OCH3 is 1. The molecule has 25 heavy (non-hydrogen) atoms. The molecule has 0 atom stereocenters. The number of benzene rings is 1. The largest absolute Gasteiger partial charge is 0.497 e. The molecule has 1 aliphatic carbocycles. The molecule has 0 aromatic heterocycles. The summed E-state index contributed by atoms with van der Waals surface area (Å²) in [7, 11) is -1.80. The third kappa shape index (κ3) is 4.00. The van der Waals surface area contributed by atoms with Gasteiger partial charge < -0.3 is 9.64 Å². The Morgan fingerprint density at radius 3 is 2.16 bits per heavy atom. The number of carbonyl (C=O) groups excluding carboxylic acids is 1. The molecule has 1 amide bonds. The second-order valence-corrected chi connectivity index (χ2v) is 9.31. The van der Waals surface area contributed by atoms with Crippen LogP contribution >= 0.6 is 0 Å². The summed E-state index contributed by atoms with van der Waals surface area (Å²) in [5.41, 5.74) is 0. The smallest absolute Gasteiger partial charge is 0.225 e. The van der Waals surface area contributed by atoms with E-state index in [1.807, 2.05) is 4.90 Å². The van der Waals surface area contributed by atoms with Crippen LogP contribution in [-0.2, 0) is 14.6 Å². The SMILES string of the molecule is COc1ccc(S(=O)(=O)C2CCN(C(=O)C3CCCCC3)CC2)cc1. The average molecular weight is 365 g/mol. The zero-order valence-corrected chi connectivity index (χ0v) is 15.6. The van der Waals surface area contributed by atoms with Crippen molar-refractivity contribution in [3.63, 3.8) is 0 Å². The summed E-state index contributed by atoms with van der Waals surface area (Å²) in [6.07, 6.45) is 6.52. The molecule has 0 unspecified atom stereocenters. The number of nitrogens with zero attached hydrogens (tertiary/aromatic N) is 1. The maximum absolute atomic E-state index is 12.8. The van der Waals surface area contributed by atoms with Crippen LogP contribution in [0.3, 0.4) is 0 Å². The fourth-order valence-electron chi connectivity index (χ4n) is 3.95. The molecule has 1 aromatic rings. The number of piperidine rings is 1. The van der Waals surface area contributed by atoms with Gasteiger partial charge in [0.1, 0.15) is 5.75 Å². The number of sulfone groups is 1. The molecule has 1 aliphatic heterocycles. The van der Waals surface area contributed by atoms with E-state index in [-0.39, 0.29) is 11.8 Å². The topological polar surface area (TPSA) is 63.7 Å². The van der Waals surface area contributed by atoms with Crippen LogP contribution in [0.2, 0.25) is 0 Å². The summed E-state index contributed by atoms with van der Waals surface area (Å²) in [5.74, 6) is 1.04. The molecular formula is C19H27NO4S. The zero-order valence-electron chi connectivity index (χ0n) is 14.8. The van der Waals surface area contributed by atoms with E-state index in [0.29, 0.717) is 36.6 Å². The van der Waals surface area contributed by atoms with Crippen molar-refractivity contribution < 1.29 is 17.9 Å². The van der Waals surface area contributed by atoms with Gasteiger partial charge in [-0.25, -0.2) is 8.42 Å². The number of rotatable bonds is 4. The first-order valence-corrected chi connectivity index (χ1v) is 10.7. The summed E-state index contributed by atoms with van der Waals surface area (Å²) in [6, 6.07) is 6.56. The standard InChI is InChI=1S/C19H27NO4S/c1-24-16-7-9-17(10-8-16)25(22,23)18-11-13-20(14-12-18)19(21)15-5-3-2-4-6-15/h7-10,15,18H,2-6,11-14H2,1H3. The monoisotopic (exact) mass is 365 g/mol. The Labute approximate surface area is 150 Å². The highest BCUT2D eigenvalue weighted by molar-refractivity contribution is 7.92. The van der Waals surface area contributed by atoms with Crippen LogP contribution in [0.15, 0.2) is 29.2 Å². The fraction of sp³-hybridized carbons (Fsp3) is 0.632. The second-order valence-electron chi connectivity index (χ2n) is 7.08. The number of likely N-dealkylation sites (tertiary alicyclic amines) is 1. The molecule has 1 saturated carbocycles. The van der Waals surface area contributed by atoms with Crippen LogP contribution in [0.25, 0.3) is 0 Å². The third-order valence-corrected chi connectivity index (χ3v) is 7.81. The first-order chi connectivity index (χ1) is 12.0. The van der Waals surface area contributed by atoms with Crippen molar-refractivity contribution in [3.05, 3.63) is 24.3 Å². The van der Waals surface area contributed by atoms with Crippen molar-refractivity contribution in [2.45, 2.75) is 55.1 Å². The highest BCUT2D eigenvalue weighted by atomic mass is 32.2. The first kappa shape index (κ1) is 18.2. The maximum atomic E-state index is 12.8. The molecular weight excluding hydrogens is 338 g/mol. The Kier molecular flexibility index (Phi) is 5.67. The molecule has 5 nitrogen and oxygen atoms in total. The maximum Gasteiger partial charge on any atom is 0.225 e. The van der Waals surface area contributed by atoms with Gasteiger partial charge in [0.15, 0.2) is 9.84 Å². The lowest BCUT2D eigenvalue weighted by Crippen LogP contribution is -2.45. The van der Waals surface area contributed by atoms with E-state index >= 15 is 0 Å². The van der Waals surface area contributed by atoms with Crippen LogP contribution in [0.1, 0.15) is 44.9 Å². The third-order valence-electron chi connectivity index (χ3n) is 5.53. The van der Waals surface area contributed by atoms with Crippen molar-refractivity contribution in [1.82, 2.24) is 4.90 Å². The molecule has 2 aliphatic rings. The van der Waals surface area contributed by atoms with Crippen molar-refractivity contribution in [2.75, 3.05) is 20.2 Å². The number of hydrogen-bond donors (Lipinski definition) is 0. The highest BCUT2D eigenvalue weighted by Crippen LogP contribution is 2.29. The summed E-state index contributed by atoms with van der Waals surface area (Å²) >= 11 is 0. The van der Waals surface area contributed by atoms with E-state index in [1.165, 1.54) is 6.42 Å². The van der Waals surface area contributed by atoms with Crippen molar-refractivity contribution in [2.24, 2.45) is 5.92 Å². The van der Waals surface area contributed by atoms with Gasteiger partial charge in [0, 0.05) is 19.0 Å². The summed E-state index contributed by atoms with van der Waals surface area (Å²) in [4.78, 5) is 14.8. The molecule has 1 aromatic carbocycles. The Hall–Kier alpha value is -1.56. The minimum atomic E-state index is -3.35. The lowest BCUT2D eigenvalue weighted by atomic mass is 9.88. The Morgan fingerprint density at radius 1 is 1.00 bits per heavy atom. The molecule has 0 spiro atoms. The number of ether oxygens (including phenoxy) is 1. The van der Waals surface area contributed by atoms with E-state index in [0.717, 1.165) is 25.7 Å². The minimum Gasteiger partial charge on any atom is -0.497 e. The van der Waals surface area contributed by atoms with Crippen LogP contribution in [0.5, 0.6) is 5.75 Å². The molecule has 0 bridgehead atoms. The van der Waals surface area contributed by atoms with E-state index < -0.39 is 15.1 Å². The Balaban J connectivity index is 1.61. The summed E-state index contributed by atoms with van der Waals surface area (Å²) < 4.78 is 30.7. The van der Waals surface area contributed by atoms with Crippen molar-refractivity contribution >= 4 is 15.7 Å². The van der Waals surface area contributed by atoms with Crippen LogP contribution in [0.4, 0.5) is 0 Å². The summed E-state index contributed by atoms with van der Waals surface area (Å²) in [6.45, 7) is 1.10. The predicted molar refractivity (Wildman–Crippen MR) is 96.4 cm³/mol. The summed E-state index contributed by atoms with van der Waals surface area (Å²) in [5, 5.41) is -0.406. The van der Waals surface area contributed by atoms with Gasteiger partial charge >= 0.3 is 0 Å². The molecule has 6 heteroatoms. The predicted octanol–water partition coefficient (Wildman–Crippen LogP) is 3.04. The quantitative estimate of drug-likeness (QED) is 0.823. The van der Waals surface area contributed by atoms with E-state index in [4.69, 9.17) is 4.74 Å². The van der Waals surface area contributed by atoms with Crippen LogP contribution in [0, 0.1) is 5.92 Å². The lowest BCUT2D eigenvalue weighted by Gasteiger charge is -2.35. The number of hydrogen-bond acceptors (Lipinski definition) is 4. The molecule has 2 fully saturated rings. The molecule has 0 N–H and O–H groups in total. The number of carbonyl (C=O) groups is 1.